The van der Waals surface area contributed by atoms with Crippen LogP contribution in [0.3, 0.4) is 0 Å². The van der Waals surface area contributed by atoms with Crippen molar-refractivity contribution in [3.63, 3.8) is 0 Å². The molecule has 1 aliphatic heterocycles. The monoisotopic (exact) mass is 376 g/mol. The zero-order valence-corrected chi connectivity index (χ0v) is 15.8. The number of rotatable bonds is 4. The number of aliphatic hydroxyl groups excluding tert-OH is 2. The third kappa shape index (κ3) is 3.04. The number of esters is 1. The maximum Gasteiger partial charge on any atom is 1.00 e. The minimum atomic E-state index is -2.61. The van der Waals surface area contributed by atoms with Crippen molar-refractivity contribution in [2.24, 2.45) is 0 Å². The first kappa shape index (κ1) is 20.5. The first-order valence-electron chi connectivity index (χ1n) is 7.09. The van der Waals surface area contributed by atoms with Gasteiger partial charge in [-0.1, -0.05) is 0 Å². The predicted molar refractivity (Wildman–Crippen MR) is 74.6 cm³/mol. The van der Waals surface area contributed by atoms with Crippen LogP contribution in [0.1, 0.15) is 6.92 Å². The van der Waals surface area contributed by atoms with Gasteiger partial charge in [-0.15, -0.1) is 0 Å². The van der Waals surface area contributed by atoms with Crippen molar-refractivity contribution < 1.29 is 63.9 Å². The van der Waals surface area contributed by atoms with E-state index in [4.69, 9.17) is 9.47 Å². The average Bonchev–Trinajstić information content (AvgIpc) is 3.08. The summed E-state index contributed by atoms with van der Waals surface area (Å²) >= 11 is 0. The first-order valence-corrected chi connectivity index (χ1v) is 7.09. The Bertz CT molecular complexity index is 898. The second-order valence-corrected chi connectivity index (χ2v) is 5.40. The van der Waals surface area contributed by atoms with E-state index in [0.29, 0.717) is 0 Å². The molecular formula is C13H13N4NaO8. The van der Waals surface area contributed by atoms with Crippen LogP contribution in [0.2, 0.25) is 0 Å². The van der Waals surface area contributed by atoms with E-state index in [-0.39, 0.29) is 40.7 Å². The Morgan fingerprint density at radius 1 is 1.46 bits per heavy atom. The molecule has 3 heterocycles. The van der Waals surface area contributed by atoms with E-state index in [1.807, 2.05) is 0 Å². The predicted octanol–water partition coefficient (Wildman–Crippen LogP) is -6.79. The Morgan fingerprint density at radius 3 is 2.77 bits per heavy atom. The van der Waals surface area contributed by atoms with Gasteiger partial charge in [0.15, 0.2) is 11.2 Å². The van der Waals surface area contributed by atoms with Crippen LogP contribution < -0.4 is 40.2 Å². The van der Waals surface area contributed by atoms with Crippen LogP contribution in [0.25, 0.3) is 11.2 Å². The Balaban J connectivity index is 0.00000243. The van der Waals surface area contributed by atoms with Crippen molar-refractivity contribution in [1.29, 1.82) is 0 Å². The number of aliphatic carboxylic acids is 1. The Morgan fingerprint density at radius 2 is 2.15 bits per heavy atom. The largest absolute Gasteiger partial charge is 1.00 e. The van der Waals surface area contributed by atoms with Crippen LogP contribution in [0.15, 0.2) is 17.4 Å². The maximum absolute atomic E-state index is 11.8. The normalized spacial score (nSPS) is 27.9. The summed E-state index contributed by atoms with van der Waals surface area (Å²) in [5.41, 5.74) is -3.65. The third-order valence-corrected chi connectivity index (χ3v) is 3.88. The standard InChI is InChI=1S/C13H14N4O8.Na/c1-5(18)24-2-6-8(19)9(20)13(25-6,12(22)23)17-4-16-7-10(17)14-3-15-11(7)21;/h3-4,6,8-9,19-20H,2H2,1H3,(H,22,23)(H,14,15,21);/q;+1/p-1/t6-,8-,9-,13+;/m1./s1. The molecule has 1 fully saturated rings. The number of nitrogens with zero attached hydrogens (tertiary/aromatic N) is 3. The number of aliphatic hydroxyl groups is 2. The van der Waals surface area contributed by atoms with E-state index in [2.05, 4.69) is 15.0 Å². The van der Waals surface area contributed by atoms with Gasteiger partial charge in [0.05, 0.1) is 12.3 Å². The molecule has 0 aliphatic carbocycles. The molecule has 26 heavy (non-hydrogen) atoms. The second kappa shape index (κ2) is 7.42. The zero-order chi connectivity index (χ0) is 18.4. The van der Waals surface area contributed by atoms with Crippen LogP contribution in [-0.4, -0.2) is 66.6 Å². The summed E-state index contributed by atoms with van der Waals surface area (Å²) < 4.78 is 10.8. The minimum Gasteiger partial charge on any atom is -0.545 e. The molecule has 2 aromatic rings. The van der Waals surface area contributed by atoms with Gasteiger partial charge in [-0.05, 0) is 0 Å². The molecule has 3 N–H and O–H groups in total. The van der Waals surface area contributed by atoms with Gasteiger partial charge >= 0.3 is 35.5 Å². The van der Waals surface area contributed by atoms with E-state index < -0.39 is 48.1 Å². The van der Waals surface area contributed by atoms with Gasteiger partial charge in [-0.25, -0.2) is 9.97 Å². The van der Waals surface area contributed by atoms with Crippen molar-refractivity contribution in [2.75, 3.05) is 6.61 Å². The molecule has 3 rings (SSSR count). The molecule has 0 saturated carbocycles. The minimum absolute atomic E-state index is 0. The molecule has 12 nitrogen and oxygen atoms in total. The fraction of sp³-hybridized carbons (Fsp3) is 0.462. The fourth-order valence-electron chi connectivity index (χ4n) is 2.69. The number of ether oxygens (including phenoxy) is 2. The molecule has 0 unspecified atom stereocenters. The van der Waals surface area contributed by atoms with Crippen molar-refractivity contribution in [3.8, 4) is 0 Å². The second-order valence-electron chi connectivity index (χ2n) is 5.40. The van der Waals surface area contributed by atoms with Crippen LogP contribution in [0, 0.1) is 0 Å². The number of fused-ring (bicyclic) bond motifs is 1. The van der Waals surface area contributed by atoms with Crippen molar-refractivity contribution >= 4 is 23.1 Å². The van der Waals surface area contributed by atoms with Gasteiger partial charge in [-0.3, -0.25) is 14.2 Å². The number of aromatic nitrogens is 4. The molecule has 2 aromatic heterocycles. The Hall–Kier alpha value is -1.83. The van der Waals surface area contributed by atoms with E-state index in [1.165, 1.54) is 0 Å². The first-order chi connectivity index (χ1) is 11.8. The van der Waals surface area contributed by atoms with Gasteiger partial charge in [0.25, 0.3) is 5.56 Å². The Kier molecular flexibility index (Phi) is 5.85. The summed E-state index contributed by atoms with van der Waals surface area (Å²) in [4.78, 5) is 44.3. The smallest absolute Gasteiger partial charge is 0.545 e. The van der Waals surface area contributed by atoms with Crippen LogP contribution >= 0.6 is 0 Å². The van der Waals surface area contributed by atoms with Crippen molar-refractivity contribution in [2.45, 2.75) is 31.0 Å². The summed E-state index contributed by atoms with van der Waals surface area (Å²) in [5.74, 6) is -2.58. The number of imidazole rings is 1. The number of carbonyl (C=O) groups is 2. The number of carbonyl (C=O) groups excluding carboxylic acids is 2. The number of nitrogens with one attached hydrogen (secondary N) is 1. The molecular weight excluding hydrogens is 363 g/mol. The molecule has 0 bridgehead atoms. The Labute approximate surface area is 167 Å². The molecule has 0 aromatic carbocycles. The number of aromatic amines is 1. The van der Waals surface area contributed by atoms with Gasteiger partial charge in [0.1, 0.15) is 31.2 Å². The van der Waals surface area contributed by atoms with E-state index in [1.54, 1.807) is 0 Å². The summed E-state index contributed by atoms with van der Waals surface area (Å²) in [5, 5.41) is 32.2. The number of hydrogen-bond donors (Lipinski definition) is 3. The molecule has 1 aliphatic rings. The molecule has 134 valence electrons. The fourth-order valence-corrected chi connectivity index (χ4v) is 2.69. The zero-order valence-electron chi connectivity index (χ0n) is 13.8. The number of H-pyrrole nitrogens is 1. The summed E-state index contributed by atoms with van der Waals surface area (Å²) in [6.45, 7) is 0.618. The number of carboxylic acids is 1. The van der Waals surface area contributed by atoms with Gasteiger partial charge in [0.2, 0.25) is 5.72 Å². The molecule has 0 radical (unpaired) electrons. The summed E-state index contributed by atoms with van der Waals surface area (Å²) in [6.07, 6.45) is -3.13. The van der Waals surface area contributed by atoms with Crippen molar-refractivity contribution in [3.05, 3.63) is 23.0 Å². The quantitative estimate of drug-likeness (QED) is 0.343. The maximum atomic E-state index is 11.8. The van der Waals surface area contributed by atoms with Crippen LogP contribution in [0.4, 0.5) is 0 Å². The molecule has 13 heteroatoms. The molecule has 0 amide bonds. The topological polar surface area (TPSA) is 180 Å². The van der Waals surface area contributed by atoms with Gasteiger partial charge in [0, 0.05) is 6.92 Å². The van der Waals surface area contributed by atoms with Crippen molar-refractivity contribution in [1.82, 2.24) is 19.5 Å². The molecule has 4 atom stereocenters. The van der Waals surface area contributed by atoms with E-state index in [0.717, 1.165) is 24.1 Å². The van der Waals surface area contributed by atoms with Gasteiger partial charge in [-0.2, -0.15) is 0 Å². The van der Waals surface area contributed by atoms with E-state index >= 15 is 0 Å². The molecule has 0 spiro atoms. The van der Waals surface area contributed by atoms with E-state index in [9.17, 15) is 29.7 Å². The van der Waals surface area contributed by atoms with Crippen LogP contribution in [0.5, 0.6) is 0 Å². The summed E-state index contributed by atoms with van der Waals surface area (Å²) in [7, 11) is 0. The number of hydrogen-bond acceptors (Lipinski definition) is 10. The van der Waals surface area contributed by atoms with Gasteiger partial charge < -0.3 is 34.6 Å². The third-order valence-electron chi connectivity index (χ3n) is 3.88. The molecule has 1 saturated heterocycles. The van der Waals surface area contributed by atoms with Crippen LogP contribution in [-0.2, 0) is 24.8 Å². The average molecular weight is 376 g/mol. The SMILES string of the molecule is CC(=O)OC[C@H]1O[C@@](C(=O)[O-])(n2cnc3c(=O)[nH]cnc32)[C@H](O)[C@@H]1O.[Na+]. The summed E-state index contributed by atoms with van der Waals surface area (Å²) in [6, 6.07) is 0. The number of carboxylic acid groups (broad SMARTS) is 1.